The Morgan fingerprint density at radius 3 is 2.35 bits per heavy atom. The maximum atomic E-state index is 5.97. The Morgan fingerprint density at radius 1 is 1.24 bits per heavy atom. The Kier molecular flexibility index (Phi) is 3.02. The fourth-order valence-corrected chi connectivity index (χ4v) is 1.81. The van der Waals surface area contributed by atoms with Crippen LogP contribution < -0.4 is 11.2 Å². The van der Waals surface area contributed by atoms with Crippen LogP contribution in [-0.2, 0) is 15.9 Å². The lowest BCUT2D eigenvalue weighted by Gasteiger charge is -2.32. The second-order valence-corrected chi connectivity index (χ2v) is 5.33. The van der Waals surface area contributed by atoms with Crippen molar-refractivity contribution < 1.29 is 9.31 Å². The molecule has 2 N–H and O–H groups in total. The zero-order valence-electron chi connectivity index (χ0n) is 10.9. The summed E-state index contributed by atoms with van der Waals surface area (Å²) in [4.78, 5) is 4.25. The van der Waals surface area contributed by atoms with Gasteiger partial charge < -0.3 is 15.0 Å². The van der Waals surface area contributed by atoms with Crippen LogP contribution in [0.15, 0.2) is 18.3 Å². The minimum atomic E-state index is -0.382. The van der Waals surface area contributed by atoms with Gasteiger partial charge in [0.15, 0.2) is 0 Å². The van der Waals surface area contributed by atoms with Crippen molar-refractivity contribution in [2.45, 2.75) is 45.4 Å². The normalized spacial score (nSPS) is 21.8. The topological polar surface area (TPSA) is 57.4 Å². The number of pyridine rings is 1. The zero-order valence-corrected chi connectivity index (χ0v) is 10.9. The summed E-state index contributed by atoms with van der Waals surface area (Å²) < 4.78 is 11.9. The summed E-state index contributed by atoms with van der Waals surface area (Å²) in [7, 11) is -0.382. The lowest BCUT2D eigenvalue weighted by Crippen LogP contribution is -2.41. The van der Waals surface area contributed by atoms with Gasteiger partial charge in [-0.25, -0.2) is 0 Å². The fourth-order valence-electron chi connectivity index (χ4n) is 1.81. The van der Waals surface area contributed by atoms with E-state index in [2.05, 4.69) is 4.98 Å². The molecule has 0 atom stereocenters. The molecule has 5 heteroatoms. The standard InChI is InChI=1S/C12H19BN2O2/c1-11(2)12(3,4)17-13(16-11)9-6-5-7-15-10(9)8-14/h5-7H,8,14H2,1-4H3. The summed E-state index contributed by atoms with van der Waals surface area (Å²) in [5, 5.41) is 0. The average molecular weight is 234 g/mol. The van der Waals surface area contributed by atoms with E-state index in [1.807, 2.05) is 39.8 Å². The van der Waals surface area contributed by atoms with E-state index in [1.54, 1.807) is 6.20 Å². The molecule has 1 aromatic heterocycles. The lowest BCUT2D eigenvalue weighted by molar-refractivity contribution is 0.00578. The Bertz CT molecular complexity index is 405. The van der Waals surface area contributed by atoms with E-state index in [0.717, 1.165) is 11.2 Å². The molecule has 2 heterocycles. The Morgan fingerprint density at radius 2 is 1.82 bits per heavy atom. The number of nitrogens with zero attached hydrogens (tertiary/aromatic N) is 1. The Labute approximate surface area is 103 Å². The van der Waals surface area contributed by atoms with E-state index < -0.39 is 0 Å². The van der Waals surface area contributed by atoms with Crippen LogP contribution in [0.3, 0.4) is 0 Å². The SMILES string of the molecule is CC1(C)OB(c2cccnc2CN)OC1(C)C. The monoisotopic (exact) mass is 234 g/mol. The van der Waals surface area contributed by atoms with E-state index in [4.69, 9.17) is 15.0 Å². The van der Waals surface area contributed by atoms with E-state index in [9.17, 15) is 0 Å². The highest BCUT2D eigenvalue weighted by Crippen LogP contribution is 2.36. The second-order valence-electron chi connectivity index (χ2n) is 5.33. The van der Waals surface area contributed by atoms with Gasteiger partial charge in [0.2, 0.25) is 0 Å². The van der Waals surface area contributed by atoms with Crippen LogP contribution in [0.2, 0.25) is 0 Å². The summed E-state index contributed by atoms with van der Waals surface area (Å²) in [5.41, 5.74) is 6.76. The molecule has 4 nitrogen and oxygen atoms in total. The third-order valence-electron chi connectivity index (χ3n) is 3.63. The molecule has 0 aromatic carbocycles. The number of hydrogen-bond donors (Lipinski definition) is 1. The second kappa shape index (κ2) is 4.08. The predicted octanol–water partition coefficient (Wildman–Crippen LogP) is 0.840. The van der Waals surface area contributed by atoms with Gasteiger partial charge in [-0.2, -0.15) is 0 Å². The van der Waals surface area contributed by atoms with Crippen molar-refractivity contribution in [3.63, 3.8) is 0 Å². The van der Waals surface area contributed by atoms with Gasteiger partial charge >= 0.3 is 7.12 Å². The highest BCUT2D eigenvalue weighted by Gasteiger charge is 2.52. The number of hydrogen-bond acceptors (Lipinski definition) is 4. The van der Waals surface area contributed by atoms with Crippen molar-refractivity contribution in [1.29, 1.82) is 0 Å². The largest absolute Gasteiger partial charge is 0.496 e. The van der Waals surface area contributed by atoms with Crippen LogP contribution >= 0.6 is 0 Å². The molecule has 0 unspecified atom stereocenters. The molecule has 1 aliphatic rings. The maximum absolute atomic E-state index is 5.97. The summed E-state index contributed by atoms with van der Waals surface area (Å²) in [6.07, 6.45) is 1.73. The molecule has 17 heavy (non-hydrogen) atoms. The first-order valence-corrected chi connectivity index (χ1v) is 5.87. The zero-order chi connectivity index (χ0) is 12.7. The van der Waals surface area contributed by atoms with Gasteiger partial charge in [-0.05, 0) is 33.8 Å². The minimum Gasteiger partial charge on any atom is -0.399 e. The summed E-state index contributed by atoms with van der Waals surface area (Å²) in [6.45, 7) is 8.52. The van der Waals surface area contributed by atoms with Gasteiger partial charge in [0.25, 0.3) is 0 Å². The van der Waals surface area contributed by atoms with Crippen LogP contribution in [0.25, 0.3) is 0 Å². The van der Waals surface area contributed by atoms with Gasteiger partial charge in [0.1, 0.15) is 0 Å². The molecule has 92 valence electrons. The highest BCUT2D eigenvalue weighted by molar-refractivity contribution is 6.62. The molecule has 2 rings (SSSR count). The predicted molar refractivity (Wildman–Crippen MR) is 67.8 cm³/mol. The van der Waals surface area contributed by atoms with Gasteiger partial charge in [0.05, 0.1) is 16.9 Å². The average Bonchev–Trinajstić information content (AvgIpc) is 2.48. The molecular weight excluding hydrogens is 215 g/mol. The van der Waals surface area contributed by atoms with Gasteiger partial charge in [0, 0.05) is 18.2 Å². The van der Waals surface area contributed by atoms with Crippen LogP contribution in [0, 0.1) is 0 Å². The third-order valence-corrected chi connectivity index (χ3v) is 3.63. The molecule has 1 fully saturated rings. The molecule has 0 saturated carbocycles. The van der Waals surface area contributed by atoms with E-state index in [-0.39, 0.29) is 18.3 Å². The lowest BCUT2D eigenvalue weighted by atomic mass is 9.78. The molecule has 1 saturated heterocycles. The van der Waals surface area contributed by atoms with Crippen molar-refractivity contribution in [3.05, 3.63) is 24.0 Å². The van der Waals surface area contributed by atoms with Crippen molar-refractivity contribution in [2.24, 2.45) is 5.73 Å². The van der Waals surface area contributed by atoms with Gasteiger partial charge in [-0.1, -0.05) is 6.07 Å². The molecule has 0 bridgehead atoms. The van der Waals surface area contributed by atoms with Crippen molar-refractivity contribution >= 4 is 12.6 Å². The van der Waals surface area contributed by atoms with Crippen LogP contribution in [-0.4, -0.2) is 23.3 Å². The molecule has 1 aliphatic heterocycles. The number of rotatable bonds is 2. The van der Waals surface area contributed by atoms with Gasteiger partial charge in [-0.15, -0.1) is 0 Å². The van der Waals surface area contributed by atoms with Crippen LogP contribution in [0.1, 0.15) is 33.4 Å². The van der Waals surface area contributed by atoms with Crippen molar-refractivity contribution in [3.8, 4) is 0 Å². The van der Waals surface area contributed by atoms with Crippen LogP contribution in [0.4, 0.5) is 0 Å². The molecule has 0 radical (unpaired) electrons. The summed E-state index contributed by atoms with van der Waals surface area (Å²) in [5.74, 6) is 0. The molecule has 0 amide bonds. The molecule has 0 spiro atoms. The first-order valence-electron chi connectivity index (χ1n) is 5.87. The molecule has 1 aromatic rings. The smallest absolute Gasteiger partial charge is 0.399 e. The summed E-state index contributed by atoms with van der Waals surface area (Å²) in [6, 6.07) is 3.83. The third kappa shape index (κ3) is 2.10. The maximum Gasteiger partial charge on any atom is 0.496 e. The Hall–Kier alpha value is -0.905. The van der Waals surface area contributed by atoms with E-state index in [0.29, 0.717) is 6.54 Å². The van der Waals surface area contributed by atoms with Crippen molar-refractivity contribution in [1.82, 2.24) is 4.98 Å². The van der Waals surface area contributed by atoms with Crippen molar-refractivity contribution in [2.75, 3.05) is 0 Å². The number of nitrogens with two attached hydrogens (primary N) is 1. The highest BCUT2D eigenvalue weighted by atomic mass is 16.7. The molecule has 0 aliphatic carbocycles. The minimum absolute atomic E-state index is 0.334. The first-order chi connectivity index (χ1) is 7.87. The fraction of sp³-hybridized carbons (Fsp3) is 0.583. The van der Waals surface area contributed by atoms with Crippen LogP contribution in [0.5, 0.6) is 0 Å². The Balaban J connectivity index is 2.32. The first kappa shape index (κ1) is 12.5. The molecular formula is C12H19BN2O2. The van der Waals surface area contributed by atoms with E-state index >= 15 is 0 Å². The van der Waals surface area contributed by atoms with Gasteiger partial charge in [-0.3, -0.25) is 4.98 Å². The quantitative estimate of drug-likeness (QED) is 0.770. The van der Waals surface area contributed by atoms with E-state index in [1.165, 1.54) is 0 Å². The number of aromatic nitrogens is 1. The summed E-state index contributed by atoms with van der Waals surface area (Å²) >= 11 is 0.